The third-order valence-electron chi connectivity index (χ3n) is 3.39. The van der Waals surface area contributed by atoms with Gasteiger partial charge in [0.2, 0.25) is 5.91 Å². The fourth-order valence-electron chi connectivity index (χ4n) is 1.82. The fraction of sp³-hybridized carbons (Fsp3) is 0.429. The average Bonchev–Trinajstić information content (AvgIpc) is 2.95. The lowest BCUT2D eigenvalue weighted by Crippen LogP contribution is -2.31. The number of amides is 1. The van der Waals surface area contributed by atoms with Gasteiger partial charge in [0.05, 0.1) is 5.69 Å². The van der Waals surface area contributed by atoms with E-state index in [0.29, 0.717) is 6.42 Å². The maximum atomic E-state index is 12.0. The van der Waals surface area contributed by atoms with Crippen molar-refractivity contribution in [3.05, 3.63) is 30.1 Å². The van der Waals surface area contributed by atoms with Crippen molar-refractivity contribution < 1.29 is 4.79 Å². The maximum Gasteiger partial charge on any atom is 0.225 e. The second kappa shape index (κ2) is 6.45. The van der Waals surface area contributed by atoms with Gasteiger partial charge in [-0.05, 0) is 41.0 Å². The molecular weight excluding hydrogens is 268 g/mol. The van der Waals surface area contributed by atoms with Crippen LogP contribution < -0.4 is 11.1 Å². The average molecular weight is 288 g/mol. The Morgan fingerprint density at radius 2 is 2.19 bits per heavy atom. The van der Waals surface area contributed by atoms with Crippen molar-refractivity contribution in [2.24, 2.45) is 11.7 Å². The van der Waals surface area contributed by atoms with Crippen molar-refractivity contribution in [1.29, 1.82) is 0 Å². The standard InChI is InChI=1S/C14H20N6O/c1-9(2)12(15)7-14(21)17-13-6-11(5-4-10(13)3)20-8-16-18-19-20/h4-6,8-9,12H,7,15H2,1-3H3,(H,17,21). The summed E-state index contributed by atoms with van der Waals surface area (Å²) >= 11 is 0. The molecule has 0 spiro atoms. The number of tetrazole rings is 1. The molecule has 7 heteroatoms. The van der Waals surface area contributed by atoms with Gasteiger partial charge in [-0.15, -0.1) is 5.10 Å². The molecule has 0 saturated heterocycles. The van der Waals surface area contributed by atoms with E-state index in [4.69, 9.17) is 5.73 Å². The minimum absolute atomic E-state index is 0.0897. The third-order valence-corrected chi connectivity index (χ3v) is 3.39. The SMILES string of the molecule is Cc1ccc(-n2cnnn2)cc1NC(=O)CC(N)C(C)C. The van der Waals surface area contributed by atoms with Crippen LogP contribution in [0.1, 0.15) is 25.8 Å². The van der Waals surface area contributed by atoms with Crippen LogP contribution in [0.5, 0.6) is 0 Å². The van der Waals surface area contributed by atoms with E-state index in [1.165, 1.54) is 11.0 Å². The number of aromatic nitrogens is 4. The molecule has 0 bridgehead atoms. The van der Waals surface area contributed by atoms with E-state index in [1.807, 2.05) is 39.0 Å². The highest BCUT2D eigenvalue weighted by molar-refractivity contribution is 5.92. The third kappa shape index (κ3) is 3.85. The van der Waals surface area contributed by atoms with Gasteiger partial charge in [-0.3, -0.25) is 4.79 Å². The van der Waals surface area contributed by atoms with Crippen molar-refractivity contribution in [3.63, 3.8) is 0 Å². The molecule has 0 aliphatic heterocycles. The van der Waals surface area contributed by atoms with Gasteiger partial charge in [-0.25, -0.2) is 4.68 Å². The van der Waals surface area contributed by atoms with Crippen molar-refractivity contribution >= 4 is 11.6 Å². The van der Waals surface area contributed by atoms with Gasteiger partial charge in [0.1, 0.15) is 6.33 Å². The molecule has 1 aromatic carbocycles. The lowest BCUT2D eigenvalue weighted by molar-refractivity contribution is -0.116. The van der Waals surface area contributed by atoms with Gasteiger partial charge in [0, 0.05) is 18.2 Å². The Hall–Kier alpha value is -2.28. The molecule has 21 heavy (non-hydrogen) atoms. The minimum Gasteiger partial charge on any atom is -0.327 e. The number of anilines is 1. The summed E-state index contributed by atoms with van der Waals surface area (Å²) < 4.78 is 1.54. The summed E-state index contributed by atoms with van der Waals surface area (Å²) in [4.78, 5) is 12.0. The second-order valence-corrected chi connectivity index (χ2v) is 5.41. The highest BCUT2D eigenvalue weighted by atomic mass is 16.1. The molecule has 1 unspecified atom stereocenters. The number of hydrogen-bond acceptors (Lipinski definition) is 5. The molecule has 0 aliphatic rings. The molecule has 1 heterocycles. The molecule has 1 aromatic heterocycles. The van der Waals surface area contributed by atoms with E-state index < -0.39 is 0 Å². The van der Waals surface area contributed by atoms with Gasteiger partial charge >= 0.3 is 0 Å². The van der Waals surface area contributed by atoms with E-state index in [1.54, 1.807) is 0 Å². The number of carbonyl (C=O) groups excluding carboxylic acids is 1. The Bertz CT molecular complexity index is 608. The van der Waals surface area contributed by atoms with Crippen LogP contribution in [0.3, 0.4) is 0 Å². The van der Waals surface area contributed by atoms with Crippen LogP contribution in [0.15, 0.2) is 24.5 Å². The van der Waals surface area contributed by atoms with Gasteiger partial charge < -0.3 is 11.1 Å². The number of nitrogens with one attached hydrogen (secondary N) is 1. The second-order valence-electron chi connectivity index (χ2n) is 5.41. The zero-order chi connectivity index (χ0) is 15.4. The molecule has 0 radical (unpaired) electrons. The lowest BCUT2D eigenvalue weighted by atomic mass is 10.0. The van der Waals surface area contributed by atoms with E-state index >= 15 is 0 Å². The first-order chi connectivity index (χ1) is 9.97. The molecule has 2 aromatic rings. The molecule has 112 valence electrons. The van der Waals surface area contributed by atoms with Gasteiger partial charge in [0.25, 0.3) is 0 Å². The summed E-state index contributed by atoms with van der Waals surface area (Å²) in [5, 5.41) is 13.9. The number of carbonyl (C=O) groups is 1. The topological polar surface area (TPSA) is 98.7 Å². The fourth-order valence-corrected chi connectivity index (χ4v) is 1.82. The lowest BCUT2D eigenvalue weighted by Gasteiger charge is -2.16. The van der Waals surface area contributed by atoms with Crippen LogP contribution >= 0.6 is 0 Å². The number of nitrogens with zero attached hydrogens (tertiary/aromatic N) is 4. The van der Waals surface area contributed by atoms with E-state index in [2.05, 4.69) is 20.8 Å². The van der Waals surface area contributed by atoms with E-state index in [-0.39, 0.29) is 17.9 Å². The highest BCUT2D eigenvalue weighted by Gasteiger charge is 2.14. The van der Waals surface area contributed by atoms with Crippen LogP contribution in [0.2, 0.25) is 0 Å². The normalized spacial score (nSPS) is 12.4. The monoisotopic (exact) mass is 288 g/mol. The molecule has 0 fully saturated rings. The number of benzene rings is 1. The summed E-state index contributed by atoms with van der Waals surface area (Å²) in [5.41, 5.74) is 8.42. The Labute approximate surface area is 123 Å². The number of hydrogen-bond donors (Lipinski definition) is 2. The van der Waals surface area contributed by atoms with Crippen LogP contribution in [0.4, 0.5) is 5.69 Å². The summed E-state index contributed by atoms with van der Waals surface area (Å²) in [6, 6.07) is 5.49. The van der Waals surface area contributed by atoms with Crippen molar-refractivity contribution in [3.8, 4) is 5.69 Å². The minimum atomic E-state index is -0.145. The Morgan fingerprint density at radius 1 is 1.43 bits per heavy atom. The molecule has 3 N–H and O–H groups in total. The first kappa shape index (κ1) is 15.1. The van der Waals surface area contributed by atoms with Crippen LogP contribution in [0.25, 0.3) is 5.69 Å². The molecule has 1 atom stereocenters. The first-order valence-electron chi connectivity index (χ1n) is 6.87. The van der Waals surface area contributed by atoms with Gasteiger partial charge in [0.15, 0.2) is 0 Å². The van der Waals surface area contributed by atoms with Gasteiger partial charge in [-0.1, -0.05) is 19.9 Å². The van der Waals surface area contributed by atoms with Crippen molar-refractivity contribution in [1.82, 2.24) is 20.2 Å². The zero-order valence-corrected chi connectivity index (χ0v) is 12.4. The molecule has 7 nitrogen and oxygen atoms in total. The molecule has 1 amide bonds. The molecular formula is C14H20N6O. The Morgan fingerprint density at radius 3 is 2.81 bits per heavy atom. The molecule has 0 saturated carbocycles. The van der Waals surface area contributed by atoms with Crippen LogP contribution in [-0.4, -0.2) is 32.2 Å². The van der Waals surface area contributed by atoms with Crippen molar-refractivity contribution in [2.75, 3.05) is 5.32 Å². The predicted molar refractivity (Wildman–Crippen MR) is 80.0 cm³/mol. The Kier molecular flexibility index (Phi) is 4.64. The maximum absolute atomic E-state index is 12.0. The highest BCUT2D eigenvalue weighted by Crippen LogP contribution is 2.19. The van der Waals surface area contributed by atoms with E-state index in [9.17, 15) is 4.79 Å². The first-order valence-corrected chi connectivity index (χ1v) is 6.87. The predicted octanol–water partition coefficient (Wildman–Crippen LogP) is 1.28. The number of aryl methyl sites for hydroxylation is 1. The largest absolute Gasteiger partial charge is 0.327 e. The zero-order valence-electron chi connectivity index (χ0n) is 12.4. The van der Waals surface area contributed by atoms with Crippen molar-refractivity contribution in [2.45, 2.75) is 33.2 Å². The van der Waals surface area contributed by atoms with Crippen LogP contribution in [0, 0.1) is 12.8 Å². The Balaban J connectivity index is 2.12. The molecule has 2 rings (SSSR count). The number of nitrogens with two attached hydrogens (primary N) is 1. The summed E-state index contributed by atoms with van der Waals surface area (Å²) in [6.07, 6.45) is 1.80. The summed E-state index contributed by atoms with van der Waals surface area (Å²) in [5.74, 6) is 0.178. The van der Waals surface area contributed by atoms with Gasteiger partial charge in [-0.2, -0.15) is 0 Å². The quantitative estimate of drug-likeness (QED) is 0.863. The van der Waals surface area contributed by atoms with E-state index in [0.717, 1.165) is 16.9 Å². The molecule has 0 aliphatic carbocycles. The smallest absolute Gasteiger partial charge is 0.225 e. The summed E-state index contributed by atoms with van der Waals surface area (Å²) in [6.45, 7) is 5.93. The number of rotatable bonds is 5. The summed E-state index contributed by atoms with van der Waals surface area (Å²) in [7, 11) is 0. The van der Waals surface area contributed by atoms with Crippen LogP contribution in [-0.2, 0) is 4.79 Å².